The van der Waals surface area contributed by atoms with Gasteiger partial charge in [0.25, 0.3) is 0 Å². The Labute approximate surface area is 103 Å². The summed E-state index contributed by atoms with van der Waals surface area (Å²) < 4.78 is 4.70. The van der Waals surface area contributed by atoms with Crippen molar-refractivity contribution in [1.82, 2.24) is 10.2 Å². The topological polar surface area (TPSA) is 84.1 Å². The van der Waals surface area contributed by atoms with Gasteiger partial charge in [0.05, 0.1) is 24.0 Å². The van der Waals surface area contributed by atoms with Crippen LogP contribution in [0.15, 0.2) is 24.4 Å². The summed E-state index contributed by atoms with van der Waals surface area (Å²) in [6.45, 7) is 1.96. The number of ether oxygens (including phenoxy) is 1. The number of hydrogen-bond donors (Lipinski definition) is 2. The van der Waals surface area contributed by atoms with Gasteiger partial charge < -0.3 is 10.1 Å². The quantitative estimate of drug-likeness (QED) is 0.632. The number of nitrogens with zero attached hydrogens (tertiary/aromatic N) is 1. The molecule has 6 heteroatoms. The van der Waals surface area contributed by atoms with Crippen LogP contribution in [0.1, 0.15) is 13.3 Å². The molecule has 0 aliphatic heterocycles. The number of aromatic nitrogens is 2. The molecule has 0 spiro atoms. The van der Waals surface area contributed by atoms with E-state index in [0.29, 0.717) is 5.69 Å². The number of carbonyl (C=O) groups excluding carboxylic acids is 2. The van der Waals surface area contributed by atoms with Crippen molar-refractivity contribution in [3.8, 4) is 0 Å². The van der Waals surface area contributed by atoms with Crippen molar-refractivity contribution in [2.24, 2.45) is 0 Å². The van der Waals surface area contributed by atoms with Crippen molar-refractivity contribution in [3.05, 3.63) is 24.4 Å². The molecule has 0 aliphatic rings. The van der Waals surface area contributed by atoms with E-state index in [4.69, 9.17) is 4.74 Å². The van der Waals surface area contributed by atoms with E-state index in [2.05, 4.69) is 15.5 Å². The lowest BCUT2D eigenvalue weighted by Crippen LogP contribution is -2.18. The molecule has 6 nitrogen and oxygen atoms in total. The summed E-state index contributed by atoms with van der Waals surface area (Å²) >= 11 is 0. The number of aromatic amines is 1. The molecule has 1 heterocycles. The number of anilines is 1. The van der Waals surface area contributed by atoms with E-state index in [9.17, 15) is 9.59 Å². The minimum Gasteiger partial charge on any atom is -0.466 e. The fraction of sp³-hybridized carbons (Fsp3) is 0.250. The monoisotopic (exact) mass is 247 g/mol. The minimum absolute atomic E-state index is 0.266. The number of para-hydroxylation sites is 1. The average Bonchev–Trinajstić information content (AvgIpc) is 2.78. The van der Waals surface area contributed by atoms with Crippen molar-refractivity contribution in [2.75, 3.05) is 11.9 Å². The Bertz CT molecular complexity index is 577. The number of amides is 1. The molecule has 18 heavy (non-hydrogen) atoms. The van der Waals surface area contributed by atoms with Crippen molar-refractivity contribution in [2.45, 2.75) is 13.3 Å². The summed E-state index contributed by atoms with van der Waals surface area (Å²) in [7, 11) is 0. The maximum atomic E-state index is 11.6. The fourth-order valence-corrected chi connectivity index (χ4v) is 1.61. The number of benzene rings is 1. The van der Waals surface area contributed by atoms with Crippen LogP contribution in [0.25, 0.3) is 10.9 Å². The minimum atomic E-state index is -0.535. The molecular weight excluding hydrogens is 234 g/mol. The van der Waals surface area contributed by atoms with Crippen LogP contribution in [-0.4, -0.2) is 28.7 Å². The second-order valence-corrected chi connectivity index (χ2v) is 3.67. The highest BCUT2D eigenvalue weighted by Gasteiger charge is 2.12. The van der Waals surface area contributed by atoms with Gasteiger partial charge >= 0.3 is 5.97 Å². The predicted octanol–water partition coefficient (Wildman–Crippen LogP) is 1.45. The Morgan fingerprint density at radius 1 is 1.44 bits per heavy atom. The molecule has 0 atom stereocenters. The smallest absolute Gasteiger partial charge is 0.315 e. The third kappa shape index (κ3) is 2.65. The van der Waals surface area contributed by atoms with E-state index in [1.165, 1.54) is 0 Å². The first kappa shape index (κ1) is 12.1. The van der Waals surface area contributed by atoms with Crippen LogP contribution in [0.3, 0.4) is 0 Å². The normalized spacial score (nSPS) is 10.3. The first-order valence-corrected chi connectivity index (χ1v) is 5.58. The summed E-state index contributed by atoms with van der Waals surface area (Å²) in [5, 5.41) is 10.2. The van der Waals surface area contributed by atoms with Gasteiger partial charge in [-0.3, -0.25) is 14.7 Å². The zero-order valence-electron chi connectivity index (χ0n) is 9.90. The lowest BCUT2D eigenvalue weighted by atomic mass is 10.2. The largest absolute Gasteiger partial charge is 0.466 e. The molecule has 1 aromatic carbocycles. The maximum Gasteiger partial charge on any atom is 0.315 e. The van der Waals surface area contributed by atoms with Gasteiger partial charge in [-0.2, -0.15) is 5.10 Å². The van der Waals surface area contributed by atoms with E-state index < -0.39 is 11.9 Å². The van der Waals surface area contributed by atoms with E-state index in [1.807, 2.05) is 6.07 Å². The highest BCUT2D eigenvalue weighted by molar-refractivity contribution is 6.05. The fourth-order valence-electron chi connectivity index (χ4n) is 1.61. The van der Waals surface area contributed by atoms with E-state index in [0.717, 1.165) is 10.9 Å². The summed E-state index contributed by atoms with van der Waals surface area (Å²) in [5.41, 5.74) is 1.33. The van der Waals surface area contributed by atoms with E-state index in [-0.39, 0.29) is 13.0 Å². The Hall–Kier alpha value is -2.37. The first-order chi connectivity index (χ1) is 8.70. The summed E-state index contributed by atoms with van der Waals surface area (Å²) in [5.74, 6) is -0.942. The van der Waals surface area contributed by atoms with Crippen molar-refractivity contribution in [3.63, 3.8) is 0 Å². The van der Waals surface area contributed by atoms with Crippen molar-refractivity contribution in [1.29, 1.82) is 0 Å². The van der Waals surface area contributed by atoms with Crippen LogP contribution in [-0.2, 0) is 14.3 Å². The third-order valence-electron chi connectivity index (χ3n) is 2.36. The molecule has 1 amide bonds. The average molecular weight is 247 g/mol. The van der Waals surface area contributed by atoms with Gasteiger partial charge in [0, 0.05) is 5.39 Å². The molecule has 0 bridgehead atoms. The Balaban J connectivity index is 2.07. The molecule has 0 unspecified atom stereocenters. The number of nitrogens with one attached hydrogen (secondary N) is 2. The van der Waals surface area contributed by atoms with Gasteiger partial charge in [-0.15, -0.1) is 0 Å². The van der Waals surface area contributed by atoms with Crippen LogP contribution in [0.5, 0.6) is 0 Å². The van der Waals surface area contributed by atoms with Crippen molar-refractivity contribution < 1.29 is 14.3 Å². The molecular formula is C12H13N3O3. The maximum absolute atomic E-state index is 11.6. The van der Waals surface area contributed by atoms with Crippen molar-refractivity contribution >= 4 is 28.5 Å². The molecule has 0 saturated carbocycles. The molecule has 0 aliphatic carbocycles. The van der Waals surface area contributed by atoms with Crippen LogP contribution >= 0.6 is 0 Å². The molecule has 94 valence electrons. The third-order valence-corrected chi connectivity index (χ3v) is 2.36. The zero-order valence-corrected chi connectivity index (χ0v) is 9.90. The van der Waals surface area contributed by atoms with Gasteiger partial charge in [-0.1, -0.05) is 12.1 Å². The van der Waals surface area contributed by atoms with E-state index >= 15 is 0 Å². The Kier molecular flexibility index (Phi) is 3.57. The Morgan fingerprint density at radius 3 is 3.06 bits per heavy atom. The standard InChI is InChI=1S/C12H13N3O3/c1-2-18-11(17)6-10(16)14-9-5-3-4-8-7-13-15-12(8)9/h3-5,7H,2,6H2,1H3,(H,13,15)(H,14,16). The molecule has 2 rings (SSSR count). The van der Waals surface area contributed by atoms with Gasteiger partial charge in [0.1, 0.15) is 6.42 Å². The van der Waals surface area contributed by atoms with Crippen LogP contribution in [0, 0.1) is 0 Å². The number of fused-ring (bicyclic) bond motifs is 1. The summed E-state index contributed by atoms with van der Waals surface area (Å²) in [6.07, 6.45) is 1.37. The van der Waals surface area contributed by atoms with Gasteiger partial charge in [-0.05, 0) is 13.0 Å². The SMILES string of the molecule is CCOC(=O)CC(=O)Nc1cccc2cn[nH]c12. The molecule has 0 fully saturated rings. The number of rotatable bonds is 4. The zero-order chi connectivity index (χ0) is 13.0. The molecule has 2 aromatic rings. The first-order valence-electron chi connectivity index (χ1n) is 5.58. The van der Waals surface area contributed by atoms with Crippen LogP contribution in [0.2, 0.25) is 0 Å². The van der Waals surface area contributed by atoms with Gasteiger partial charge in [-0.25, -0.2) is 0 Å². The molecule has 1 aromatic heterocycles. The molecule has 2 N–H and O–H groups in total. The molecule has 0 radical (unpaired) electrons. The Morgan fingerprint density at radius 2 is 2.28 bits per heavy atom. The molecule has 0 saturated heterocycles. The predicted molar refractivity (Wildman–Crippen MR) is 66.0 cm³/mol. The van der Waals surface area contributed by atoms with Crippen LogP contribution in [0.4, 0.5) is 5.69 Å². The summed E-state index contributed by atoms with van der Waals surface area (Å²) in [6, 6.07) is 5.42. The second-order valence-electron chi connectivity index (χ2n) is 3.67. The number of H-pyrrole nitrogens is 1. The second kappa shape index (κ2) is 5.31. The van der Waals surface area contributed by atoms with E-state index in [1.54, 1.807) is 25.3 Å². The lowest BCUT2D eigenvalue weighted by molar-refractivity contribution is -0.145. The van der Waals surface area contributed by atoms with Crippen LogP contribution < -0.4 is 5.32 Å². The highest BCUT2D eigenvalue weighted by Crippen LogP contribution is 2.20. The lowest BCUT2D eigenvalue weighted by Gasteiger charge is -2.05. The summed E-state index contributed by atoms with van der Waals surface area (Å²) in [4.78, 5) is 22.8. The highest BCUT2D eigenvalue weighted by atomic mass is 16.5. The van der Waals surface area contributed by atoms with Gasteiger partial charge in [0.2, 0.25) is 5.91 Å². The number of carbonyl (C=O) groups is 2. The number of esters is 1. The van der Waals surface area contributed by atoms with Gasteiger partial charge in [0.15, 0.2) is 0 Å². The number of hydrogen-bond acceptors (Lipinski definition) is 4.